The largest absolute Gasteiger partial charge is 0.487 e. The van der Waals surface area contributed by atoms with Gasteiger partial charge in [-0.2, -0.15) is 0 Å². The number of nitrogens with zero attached hydrogens (tertiary/aromatic N) is 3. The highest BCUT2D eigenvalue weighted by Crippen LogP contribution is 2.16. The summed E-state index contributed by atoms with van der Waals surface area (Å²) in [4.78, 5) is 30.7. The molecule has 0 radical (unpaired) electrons. The van der Waals surface area contributed by atoms with Crippen molar-refractivity contribution in [2.24, 2.45) is 0 Å². The summed E-state index contributed by atoms with van der Waals surface area (Å²) in [5.74, 6) is 0.348. The van der Waals surface area contributed by atoms with Gasteiger partial charge in [0.05, 0.1) is 5.69 Å². The Kier molecular flexibility index (Phi) is 6.40. The number of benzene rings is 2. The number of rotatable bonds is 7. The fourth-order valence-electron chi connectivity index (χ4n) is 3.42. The smallest absolute Gasteiger partial charge is 0.253 e. The van der Waals surface area contributed by atoms with E-state index >= 15 is 0 Å². The molecule has 0 aliphatic heterocycles. The van der Waals surface area contributed by atoms with Gasteiger partial charge in [-0.15, -0.1) is 0 Å². The van der Waals surface area contributed by atoms with Crippen LogP contribution in [0.2, 0.25) is 0 Å². The average Bonchev–Trinajstić information content (AvgIpc) is 3.23. The zero-order valence-corrected chi connectivity index (χ0v) is 18.9. The van der Waals surface area contributed by atoms with Gasteiger partial charge in [-0.3, -0.25) is 9.59 Å². The third-order valence-corrected chi connectivity index (χ3v) is 5.19. The van der Waals surface area contributed by atoms with E-state index in [1.165, 1.54) is 4.90 Å². The van der Waals surface area contributed by atoms with Crippen LogP contribution in [0.1, 0.15) is 37.5 Å². The van der Waals surface area contributed by atoms with Gasteiger partial charge in [0.2, 0.25) is 0 Å². The third kappa shape index (κ3) is 5.38. The van der Waals surface area contributed by atoms with Crippen molar-refractivity contribution < 1.29 is 14.3 Å². The molecule has 0 saturated heterocycles. The maximum Gasteiger partial charge on any atom is 0.253 e. The second-order valence-corrected chi connectivity index (χ2v) is 8.10. The summed E-state index contributed by atoms with van der Waals surface area (Å²) in [6.45, 7) is 2.71. The number of aromatic nitrogens is 2. The standard InChI is InChI=1S/C26H26N4O3/c1-18-7-12-24-28-22(16-30(24)15-18)17-33-23-6-4-5-21(13-23)25(31)27-14-19-8-10-20(11-9-19)26(32)29(2)3/h4-13,15-16H,14,17H2,1-3H3,(H,27,31). The lowest BCUT2D eigenvalue weighted by Crippen LogP contribution is -2.23. The number of carbonyl (C=O) groups excluding carboxylic acids is 2. The lowest BCUT2D eigenvalue weighted by molar-refractivity contribution is 0.0827. The van der Waals surface area contributed by atoms with Crippen molar-refractivity contribution in [3.05, 3.63) is 101 Å². The number of aryl methyl sites for hydroxylation is 1. The topological polar surface area (TPSA) is 75.9 Å². The maximum absolute atomic E-state index is 12.6. The summed E-state index contributed by atoms with van der Waals surface area (Å²) >= 11 is 0. The van der Waals surface area contributed by atoms with Crippen LogP contribution < -0.4 is 10.1 Å². The average molecular weight is 443 g/mol. The first-order valence-electron chi connectivity index (χ1n) is 10.6. The van der Waals surface area contributed by atoms with Crippen LogP contribution in [0.25, 0.3) is 5.65 Å². The van der Waals surface area contributed by atoms with Gasteiger partial charge in [0, 0.05) is 44.2 Å². The van der Waals surface area contributed by atoms with E-state index in [1.807, 2.05) is 54.0 Å². The van der Waals surface area contributed by atoms with Gasteiger partial charge >= 0.3 is 0 Å². The molecule has 7 nitrogen and oxygen atoms in total. The molecule has 0 atom stereocenters. The van der Waals surface area contributed by atoms with Crippen molar-refractivity contribution in [3.8, 4) is 5.75 Å². The molecule has 0 spiro atoms. The molecule has 4 rings (SSSR count). The van der Waals surface area contributed by atoms with Gasteiger partial charge in [0.15, 0.2) is 0 Å². The molecule has 0 saturated carbocycles. The SMILES string of the molecule is Cc1ccc2nc(COc3cccc(C(=O)NCc4ccc(C(=O)N(C)C)cc4)c3)cn2c1. The first kappa shape index (κ1) is 22.1. The molecule has 0 fully saturated rings. The molecule has 0 aliphatic rings. The van der Waals surface area contributed by atoms with Crippen LogP contribution in [0.3, 0.4) is 0 Å². The zero-order valence-electron chi connectivity index (χ0n) is 18.9. The minimum Gasteiger partial charge on any atom is -0.487 e. The Morgan fingerprint density at radius 1 is 1.00 bits per heavy atom. The van der Waals surface area contributed by atoms with Gasteiger partial charge in [0.25, 0.3) is 11.8 Å². The molecular weight excluding hydrogens is 416 g/mol. The number of hydrogen-bond donors (Lipinski definition) is 1. The van der Waals surface area contributed by atoms with Crippen LogP contribution >= 0.6 is 0 Å². The molecule has 0 bridgehead atoms. The van der Waals surface area contributed by atoms with Crippen LogP contribution in [0.5, 0.6) is 5.75 Å². The fraction of sp³-hybridized carbons (Fsp3) is 0.192. The number of ether oxygens (including phenoxy) is 1. The molecule has 7 heteroatoms. The Hall–Kier alpha value is -4.13. The summed E-state index contributed by atoms with van der Waals surface area (Å²) in [5.41, 5.74) is 4.87. The third-order valence-electron chi connectivity index (χ3n) is 5.19. The van der Waals surface area contributed by atoms with Crippen molar-refractivity contribution >= 4 is 17.5 Å². The number of carbonyl (C=O) groups is 2. The molecule has 2 aromatic heterocycles. The fourth-order valence-corrected chi connectivity index (χ4v) is 3.42. The number of fused-ring (bicyclic) bond motifs is 1. The molecule has 2 amide bonds. The molecule has 0 unspecified atom stereocenters. The molecule has 1 N–H and O–H groups in total. The molecule has 2 heterocycles. The van der Waals surface area contributed by atoms with Crippen LogP contribution in [0, 0.1) is 6.92 Å². The Labute approximate surface area is 192 Å². The predicted octanol–water partition coefficient (Wildman–Crippen LogP) is 3.85. The monoisotopic (exact) mass is 442 g/mol. The Bertz CT molecular complexity index is 1290. The van der Waals surface area contributed by atoms with Gasteiger partial charge in [-0.05, 0) is 54.4 Å². The summed E-state index contributed by atoms with van der Waals surface area (Å²) in [6, 6.07) is 18.3. The Morgan fingerprint density at radius 2 is 1.79 bits per heavy atom. The molecule has 4 aromatic rings. The minimum atomic E-state index is -0.197. The Balaban J connectivity index is 1.34. The Morgan fingerprint density at radius 3 is 2.55 bits per heavy atom. The van der Waals surface area contributed by atoms with E-state index in [2.05, 4.69) is 10.3 Å². The lowest BCUT2D eigenvalue weighted by Gasteiger charge is -2.11. The first-order valence-corrected chi connectivity index (χ1v) is 10.6. The molecule has 33 heavy (non-hydrogen) atoms. The quantitative estimate of drug-likeness (QED) is 0.472. The van der Waals surface area contributed by atoms with Crippen LogP contribution in [-0.2, 0) is 13.2 Å². The first-order chi connectivity index (χ1) is 15.9. The number of nitrogens with one attached hydrogen (secondary N) is 1. The highest BCUT2D eigenvalue weighted by atomic mass is 16.5. The van der Waals surface area contributed by atoms with Gasteiger partial charge < -0.3 is 19.4 Å². The highest BCUT2D eigenvalue weighted by Gasteiger charge is 2.10. The van der Waals surface area contributed by atoms with Crippen molar-refractivity contribution in [1.29, 1.82) is 0 Å². The van der Waals surface area contributed by atoms with Crippen LogP contribution in [0.4, 0.5) is 0 Å². The predicted molar refractivity (Wildman–Crippen MR) is 126 cm³/mol. The number of hydrogen-bond acceptors (Lipinski definition) is 4. The van der Waals surface area contributed by atoms with E-state index in [0.29, 0.717) is 30.0 Å². The van der Waals surface area contributed by atoms with Gasteiger partial charge in [-0.1, -0.05) is 24.3 Å². The maximum atomic E-state index is 12.6. The highest BCUT2D eigenvalue weighted by molar-refractivity contribution is 5.95. The lowest BCUT2D eigenvalue weighted by atomic mass is 10.1. The van der Waals surface area contributed by atoms with Crippen molar-refractivity contribution in [2.45, 2.75) is 20.1 Å². The van der Waals surface area contributed by atoms with E-state index < -0.39 is 0 Å². The molecule has 2 aromatic carbocycles. The molecule has 0 aliphatic carbocycles. The van der Waals surface area contributed by atoms with Crippen molar-refractivity contribution in [1.82, 2.24) is 19.6 Å². The van der Waals surface area contributed by atoms with Crippen molar-refractivity contribution in [2.75, 3.05) is 14.1 Å². The second-order valence-electron chi connectivity index (χ2n) is 8.10. The summed E-state index contributed by atoms with van der Waals surface area (Å²) < 4.78 is 7.84. The summed E-state index contributed by atoms with van der Waals surface area (Å²) in [7, 11) is 3.43. The van der Waals surface area contributed by atoms with E-state index in [4.69, 9.17) is 4.74 Å². The minimum absolute atomic E-state index is 0.0545. The normalized spacial score (nSPS) is 10.8. The molecular formula is C26H26N4O3. The van der Waals surface area contributed by atoms with Gasteiger partial charge in [0.1, 0.15) is 18.0 Å². The van der Waals surface area contributed by atoms with E-state index in [9.17, 15) is 9.59 Å². The van der Waals surface area contributed by atoms with Crippen molar-refractivity contribution in [3.63, 3.8) is 0 Å². The van der Waals surface area contributed by atoms with Gasteiger partial charge in [-0.25, -0.2) is 4.98 Å². The van der Waals surface area contributed by atoms with E-state index in [0.717, 1.165) is 22.5 Å². The van der Waals surface area contributed by atoms with E-state index in [-0.39, 0.29) is 11.8 Å². The number of pyridine rings is 1. The van der Waals surface area contributed by atoms with Crippen LogP contribution in [0.15, 0.2) is 73.1 Å². The second kappa shape index (κ2) is 9.56. The summed E-state index contributed by atoms with van der Waals surface area (Å²) in [5, 5.41) is 2.91. The van der Waals surface area contributed by atoms with Crippen LogP contribution in [-0.4, -0.2) is 40.2 Å². The zero-order chi connectivity index (χ0) is 23.4. The number of amides is 2. The summed E-state index contributed by atoms with van der Waals surface area (Å²) in [6.07, 6.45) is 3.96. The molecule has 168 valence electrons. The number of imidazole rings is 1. The van der Waals surface area contributed by atoms with E-state index in [1.54, 1.807) is 44.4 Å².